The number of aliphatic hydroxyl groups is 2. The van der Waals surface area contributed by atoms with Gasteiger partial charge in [0, 0.05) is 12.6 Å². The molecule has 22 heavy (non-hydrogen) atoms. The zero-order chi connectivity index (χ0) is 16.5. The summed E-state index contributed by atoms with van der Waals surface area (Å²) in [5.41, 5.74) is 0. The number of halogens is 2. The molecule has 4 atom stereocenters. The quantitative estimate of drug-likeness (QED) is 0.555. The van der Waals surface area contributed by atoms with Crippen LogP contribution in [0.3, 0.4) is 0 Å². The number of primary sulfonamides is 1. The molecule has 2 rings (SSSR count). The fraction of sp³-hybridized carbons (Fsp3) is 0.636. The number of nitrogens with one attached hydrogen (secondary N) is 1. The van der Waals surface area contributed by atoms with Crippen LogP contribution in [0.25, 0.3) is 0 Å². The molecule has 0 radical (unpaired) electrons. The van der Waals surface area contributed by atoms with Gasteiger partial charge in [-0.1, -0.05) is 0 Å². The monoisotopic (exact) mass is 338 g/mol. The fourth-order valence-corrected chi connectivity index (χ4v) is 2.90. The molecule has 1 aromatic rings. The second kappa shape index (κ2) is 5.99. The summed E-state index contributed by atoms with van der Waals surface area (Å²) < 4.78 is 48.7. The van der Waals surface area contributed by atoms with Crippen molar-refractivity contribution in [1.29, 1.82) is 0 Å². The standard InChI is InChI=1S/C11H16F2N4O4S/c12-11(13,22(14,20)21)4-6-3-7(10(19)9(6)18)17-8-1-2-15-5-16-8/h1-2,5-7,9-10,18-19H,3-4H2,(H2,14,20,21)(H,15,16,17)/t6-,7-,9-,10+/m1/s1. The van der Waals surface area contributed by atoms with E-state index in [2.05, 4.69) is 20.4 Å². The van der Waals surface area contributed by atoms with Crippen LogP contribution in [-0.4, -0.2) is 52.1 Å². The SMILES string of the molecule is NS(=O)(=O)C(F)(F)C[C@H]1C[C@@H](Nc2ccncn2)[C@H](O)[C@@H]1O. The molecule has 1 aromatic heterocycles. The molecule has 0 spiro atoms. The number of nitrogens with two attached hydrogens (primary N) is 1. The van der Waals surface area contributed by atoms with E-state index in [9.17, 15) is 27.4 Å². The topological polar surface area (TPSA) is 138 Å². The lowest BCUT2D eigenvalue weighted by molar-refractivity contribution is -0.0106. The van der Waals surface area contributed by atoms with Crippen LogP contribution in [0.1, 0.15) is 12.8 Å². The third-order valence-electron chi connectivity index (χ3n) is 3.63. The first-order valence-electron chi connectivity index (χ1n) is 6.40. The van der Waals surface area contributed by atoms with Crippen molar-refractivity contribution in [3.8, 4) is 0 Å². The van der Waals surface area contributed by atoms with Crippen molar-refractivity contribution in [2.75, 3.05) is 5.32 Å². The van der Waals surface area contributed by atoms with Gasteiger partial charge < -0.3 is 15.5 Å². The Bertz CT molecular complexity index is 616. The molecule has 5 N–H and O–H groups in total. The Morgan fingerprint density at radius 1 is 1.41 bits per heavy atom. The molecule has 0 unspecified atom stereocenters. The van der Waals surface area contributed by atoms with Crippen molar-refractivity contribution >= 4 is 15.8 Å². The molecule has 0 saturated heterocycles. The van der Waals surface area contributed by atoms with Crippen LogP contribution in [0.4, 0.5) is 14.6 Å². The summed E-state index contributed by atoms with van der Waals surface area (Å²) in [4.78, 5) is 7.56. The number of hydrogen-bond donors (Lipinski definition) is 4. The molecule has 0 amide bonds. The van der Waals surface area contributed by atoms with E-state index in [-0.39, 0.29) is 6.42 Å². The van der Waals surface area contributed by atoms with Crippen molar-refractivity contribution < 1.29 is 27.4 Å². The maximum absolute atomic E-state index is 13.5. The Balaban J connectivity index is 2.07. The van der Waals surface area contributed by atoms with E-state index in [1.54, 1.807) is 0 Å². The lowest BCUT2D eigenvalue weighted by Crippen LogP contribution is -2.39. The van der Waals surface area contributed by atoms with Gasteiger partial charge in [-0.15, -0.1) is 0 Å². The van der Waals surface area contributed by atoms with E-state index in [1.165, 1.54) is 18.6 Å². The zero-order valence-electron chi connectivity index (χ0n) is 11.3. The summed E-state index contributed by atoms with van der Waals surface area (Å²) >= 11 is 0. The van der Waals surface area contributed by atoms with Crippen molar-refractivity contribution in [3.63, 3.8) is 0 Å². The largest absolute Gasteiger partial charge is 0.390 e. The number of aliphatic hydroxyl groups excluding tert-OH is 2. The molecule has 8 nitrogen and oxygen atoms in total. The fourth-order valence-electron chi connectivity index (χ4n) is 2.46. The molecule has 1 aliphatic carbocycles. The second-order valence-electron chi connectivity index (χ2n) is 5.21. The molecule has 1 aliphatic rings. The molecule has 0 aromatic carbocycles. The van der Waals surface area contributed by atoms with E-state index in [0.29, 0.717) is 5.82 Å². The first kappa shape index (κ1) is 16.9. The summed E-state index contributed by atoms with van der Waals surface area (Å²) in [5.74, 6) is -0.771. The van der Waals surface area contributed by atoms with Crippen LogP contribution in [0.2, 0.25) is 0 Å². The predicted octanol–water partition coefficient (Wildman–Crippen LogP) is -0.730. The van der Waals surface area contributed by atoms with Crippen molar-refractivity contribution in [3.05, 3.63) is 18.6 Å². The minimum absolute atomic E-state index is 0.0581. The molecule has 1 heterocycles. The van der Waals surface area contributed by atoms with Crippen molar-refractivity contribution in [1.82, 2.24) is 9.97 Å². The number of rotatable bonds is 5. The average molecular weight is 338 g/mol. The number of sulfonamides is 1. The maximum Gasteiger partial charge on any atom is 0.359 e. The second-order valence-corrected chi connectivity index (χ2v) is 6.90. The van der Waals surface area contributed by atoms with Crippen LogP contribution in [0, 0.1) is 5.92 Å². The molecule has 0 aliphatic heterocycles. The normalized spacial score (nSPS) is 29.5. The highest BCUT2D eigenvalue weighted by Gasteiger charge is 2.50. The van der Waals surface area contributed by atoms with Gasteiger partial charge in [-0.25, -0.2) is 23.5 Å². The van der Waals surface area contributed by atoms with Gasteiger partial charge in [0.1, 0.15) is 18.2 Å². The Morgan fingerprint density at radius 2 is 2.09 bits per heavy atom. The smallest absolute Gasteiger partial charge is 0.359 e. The average Bonchev–Trinajstić information content (AvgIpc) is 2.67. The third kappa shape index (κ3) is 3.48. The maximum atomic E-state index is 13.5. The first-order chi connectivity index (χ1) is 10.1. The Labute approximate surface area is 125 Å². The Hall–Kier alpha value is -1.43. The summed E-state index contributed by atoms with van der Waals surface area (Å²) in [5, 5.41) is 22.9. The van der Waals surface area contributed by atoms with E-state index < -0.39 is 45.9 Å². The Kier molecular flexibility index (Phi) is 4.61. The highest BCUT2D eigenvalue weighted by atomic mass is 32.2. The number of nitrogens with zero attached hydrogens (tertiary/aromatic N) is 2. The molecule has 0 bridgehead atoms. The van der Waals surface area contributed by atoms with Gasteiger partial charge in [0.25, 0.3) is 10.0 Å². The van der Waals surface area contributed by atoms with Crippen LogP contribution >= 0.6 is 0 Å². The molecule has 124 valence electrons. The predicted molar refractivity (Wildman–Crippen MR) is 72.2 cm³/mol. The Morgan fingerprint density at radius 3 is 2.64 bits per heavy atom. The third-order valence-corrected chi connectivity index (χ3v) is 4.63. The zero-order valence-corrected chi connectivity index (χ0v) is 12.1. The highest BCUT2D eigenvalue weighted by molar-refractivity contribution is 7.90. The number of hydrogen-bond acceptors (Lipinski definition) is 7. The van der Waals surface area contributed by atoms with Crippen LogP contribution < -0.4 is 10.5 Å². The number of aromatic nitrogens is 2. The summed E-state index contributed by atoms with van der Waals surface area (Å²) in [7, 11) is -5.07. The van der Waals surface area contributed by atoms with E-state index in [0.717, 1.165) is 0 Å². The van der Waals surface area contributed by atoms with Crippen molar-refractivity contribution in [2.45, 2.75) is 36.3 Å². The molecular formula is C11H16F2N4O4S. The summed E-state index contributed by atoms with van der Waals surface area (Å²) in [6.45, 7) is 0. The van der Waals surface area contributed by atoms with E-state index >= 15 is 0 Å². The number of alkyl halides is 2. The molecular weight excluding hydrogens is 322 g/mol. The number of anilines is 1. The van der Waals surface area contributed by atoms with Crippen LogP contribution in [0.15, 0.2) is 18.6 Å². The molecule has 1 fully saturated rings. The van der Waals surface area contributed by atoms with E-state index in [1.807, 2.05) is 0 Å². The van der Waals surface area contributed by atoms with Gasteiger partial charge in [0.2, 0.25) is 0 Å². The van der Waals surface area contributed by atoms with Crippen LogP contribution in [0.5, 0.6) is 0 Å². The van der Waals surface area contributed by atoms with Gasteiger partial charge in [0.05, 0.1) is 12.1 Å². The minimum atomic E-state index is -5.07. The lowest BCUT2D eigenvalue weighted by atomic mass is 10.0. The van der Waals surface area contributed by atoms with Gasteiger partial charge in [-0.2, -0.15) is 8.78 Å². The van der Waals surface area contributed by atoms with Gasteiger partial charge in [0.15, 0.2) is 0 Å². The van der Waals surface area contributed by atoms with Crippen LogP contribution in [-0.2, 0) is 10.0 Å². The molecule has 11 heteroatoms. The van der Waals surface area contributed by atoms with Gasteiger partial charge >= 0.3 is 5.25 Å². The first-order valence-corrected chi connectivity index (χ1v) is 7.95. The lowest BCUT2D eigenvalue weighted by Gasteiger charge is -2.21. The summed E-state index contributed by atoms with van der Waals surface area (Å²) in [6.07, 6.45) is -1.35. The van der Waals surface area contributed by atoms with Gasteiger partial charge in [-0.3, -0.25) is 0 Å². The highest BCUT2D eigenvalue weighted by Crippen LogP contribution is 2.37. The minimum Gasteiger partial charge on any atom is -0.390 e. The van der Waals surface area contributed by atoms with Gasteiger partial charge in [-0.05, 0) is 18.4 Å². The molecule has 1 saturated carbocycles. The van der Waals surface area contributed by atoms with E-state index in [4.69, 9.17) is 0 Å². The van der Waals surface area contributed by atoms with Crippen molar-refractivity contribution in [2.24, 2.45) is 11.1 Å². The summed E-state index contributed by atoms with van der Waals surface area (Å²) in [6, 6.07) is 0.761.